The Bertz CT molecular complexity index is 2030. The third-order valence-corrected chi connectivity index (χ3v) is 7.64. The van der Waals surface area contributed by atoms with E-state index in [1.54, 1.807) is 12.3 Å². The summed E-state index contributed by atoms with van der Waals surface area (Å²) >= 11 is 0. The number of allylic oxidation sites excluding steroid dienone is 4. The van der Waals surface area contributed by atoms with Crippen LogP contribution in [0, 0.1) is 10.8 Å². The van der Waals surface area contributed by atoms with Gasteiger partial charge < -0.3 is 5.73 Å². The highest BCUT2D eigenvalue weighted by molar-refractivity contribution is 6.61. The third-order valence-electron chi connectivity index (χ3n) is 7.64. The van der Waals surface area contributed by atoms with Crippen molar-refractivity contribution in [1.82, 2.24) is 4.98 Å². The summed E-state index contributed by atoms with van der Waals surface area (Å²) in [7, 11) is 0. The Morgan fingerprint density at radius 2 is 1.00 bits per heavy atom. The van der Waals surface area contributed by atoms with Crippen molar-refractivity contribution in [3.05, 3.63) is 181 Å². The SMILES string of the molecule is N=C1C=C(c2ccccc2-c2ccccc2)C=C(c2ccccc2-c2ccccc2)C1=N.Nc1cccc(-c2cccnc2)c1. The van der Waals surface area contributed by atoms with Crippen molar-refractivity contribution in [2.24, 2.45) is 0 Å². The second-order valence-electron chi connectivity index (χ2n) is 10.6. The Kier molecular flexibility index (Phi) is 8.66. The molecule has 0 spiro atoms. The van der Waals surface area contributed by atoms with Gasteiger partial charge in [0.25, 0.3) is 0 Å². The van der Waals surface area contributed by atoms with Crippen LogP contribution in [-0.2, 0) is 0 Å². The molecule has 0 aliphatic heterocycles. The summed E-state index contributed by atoms with van der Waals surface area (Å²) in [4.78, 5) is 4.05. The van der Waals surface area contributed by atoms with E-state index in [0.717, 1.165) is 61.3 Å². The number of aromatic nitrogens is 1. The van der Waals surface area contributed by atoms with Gasteiger partial charge in [-0.15, -0.1) is 0 Å². The van der Waals surface area contributed by atoms with Gasteiger partial charge in [-0.2, -0.15) is 0 Å². The minimum absolute atomic E-state index is 0.225. The monoisotopic (exact) mass is 580 g/mol. The van der Waals surface area contributed by atoms with Crippen LogP contribution < -0.4 is 5.73 Å². The van der Waals surface area contributed by atoms with Crippen LogP contribution in [-0.4, -0.2) is 16.4 Å². The van der Waals surface area contributed by atoms with Gasteiger partial charge in [0.05, 0.1) is 11.4 Å². The Balaban J connectivity index is 0.000000229. The van der Waals surface area contributed by atoms with Gasteiger partial charge in [-0.05, 0) is 74.9 Å². The maximum atomic E-state index is 8.68. The first-order valence-electron chi connectivity index (χ1n) is 14.8. The molecule has 1 aromatic heterocycles. The Morgan fingerprint density at radius 3 is 1.60 bits per heavy atom. The Morgan fingerprint density at radius 1 is 0.467 bits per heavy atom. The normalized spacial score (nSPS) is 12.4. The molecular weight excluding hydrogens is 548 g/mol. The van der Waals surface area contributed by atoms with Crippen LogP contribution >= 0.6 is 0 Å². The molecule has 216 valence electrons. The number of rotatable bonds is 5. The zero-order valence-corrected chi connectivity index (χ0v) is 24.7. The zero-order chi connectivity index (χ0) is 31.0. The van der Waals surface area contributed by atoms with Gasteiger partial charge in [0.15, 0.2) is 0 Å². The van der Waals surface area contributed by atoms with Crippen molar-refractivity contribution in [2.45, 2.75) is 0 Å². The van der Waals surface area contributed by atoms with E-state index in [2.05, 4.69) is 53.5 Å². The number of nitrogens with two attached hydrogens (primary N) is 1. The van der Waals surface area contributed by atoms with Crippen LogP contribution in [0.25, 0.3) is 44.5 Å². The predicted molar refractivity (Wildman–Crippen MR) is 189 cm³/mol. The van der Waals surface area contributed by atoms with Crippen molar-refractivity contribution in [2.75, 3.05) is 5.73 Å². The summed E-state index contributed by atoms with van der Waals surface area (Å²) < 4.78 is 0. The molecule has 4 heteroatoms. The number of hydrogen-bond acceptors (Lipinski definition) is 4. The van der Waals surface area contributed by atoms with Gasteiger partial charge in [0.1, 0.15) is 0 Å². The molecule has 0 unspecified atom stereocenters. The van der Waals surface area contributed by atoms with E-state index in [1.165, 1.54) is 0 Å². The predicted octanol–water partition coefficient (Wildman–Crippen LogP) is 9.87. The maximum Gasteiger partial charge on any atom is 0.0868 e. The van der Waals surface area contributed by atoms with Crippen LogP contribution in [0.2, 0.25) is 0 Å². The number of benzene rings is 5. The first-order valence-corrected chi connectivity index (χ1v) is 14.8. The second kappa shape index (κ2) is 13.4. The number of pyridine rings is 1. The first-order chi connectivity index (χ1) is 22.1. The fourth-order valence-electron chi connectivity index (χ4n) is 5.45. The standard InChI is InChI=1S/C30H22N2.C11H10N2/c31-29-20-23(26-17-8-7-15-24(26)21-11-3-1-4-12-21)19-28(30(29)32)27-18-10-9-16-25(27)22-13-5-2-6-14-22;12-11-5-1-3-9(7-11)10-4-2-6-13-8-10/h1-20,31-32H;1-8H,12H2. The molecule has 0 atom stereocenters. The van der Waals surface area contributed by atoms with Gasteiger partial charge in [0, 0.05) is 29.2 Å². The van der Waals surface area contributed by atoms with E-state index < -0.39 is 0 Å². The zero-order valence-electron chi connectivity index (χ0n) is 24.7. The van der Waals surface area contributed by atoms with E-state index in [4.69, 9.17) is 16.6 Å². The Hall–Kier alpha value is -6.13. The van der Waals surface area contributed by atoms with Crippen molar-refractivity contribution >= 4 is 28.3 Å². The molecule has 4 nitrogen and oxygen atoms in total. The minimum atomic E-state index is 0.225. The summed E-state index contributed by atoms with van der Waals surface area (Å²) in [5.74, 6) is 0. The lowest BCUT2D eigenvalue weighted by molar-refractivity contribution is 1.33. The fourth-order valence-corrected chi connectivity index (χ4v) is 5.45. The molecule has 1 aliphatic carbocycles. The molecule has 45 heavy (non-hydrogen) atoms. The van der Waals surface area contributed by atoms with E-state index in [-0.39, 0.29) is 11.4 Å². The lowest BCUT2D eigenvalue weighted by Gasteiger charge is -2.20. The summed E-state index contributed by atoms with van der Waals surface area (Å²) in [6, 6.07) is 48.6. The highest BCUT2D eigenvalue weighted by atomic mass is 14.6. The van der Waals surface area contributed by atoms with Gasteiger partial charge in [-0.1, -0.05) is 127 Å². The van der Waals surface area contributed by atoms with Gasteiger partial charge in [-0.25, -0.2) is 0 Å². The third kappa shape index (κ3) is 6.61. The molecule has 0 bridgehead atoms. The lowest BCUT2D eigenvalue weighted by atomic mass is 9.83. The summed E-state index contributed by atoms with van der Waals surface area (Å²) in [5, 5.41) is 17.2. The second-order valence-corrected chi connectivity index (χ2v) is 10.6. The average molecular weight is 581 g/mol. The molecule has 6 aromatic rings. The van der Waals surface area contributed by atoms with E-state index >= 15 is 0 Å². The smallest absolute Gasteiger partial charge is 0.0868 e. The molecule has 0 saturated carbocycles. The van der Waals surface area contributed by atoms with Crippen LogP contribution in [0.4, 0.5) is 5.69 Å². The highest BCUT2D eigenvalue weighted by Gasteiger charge is 2.22. The number of nitrogens with one attached hydrogen (secondary N) is 2. The fraction of sp³-hybridized carbons (Fsp3) is 0. The molecule has 1 aliphatic rings. The first kappa shape index (κ1) is 29.0. The van der Waals surface area contributed by atoms with Gasteiger partial charge in [0.2, 0.25) is 0 Å². The van der Waals surface area contributed by atoms with Gasteiger partial charge in [-0.3, -0.25) is 15.8 Å². The van der Waals surface area contributed by atoms with Crippen LogP contribution in [0.15, 0.2) is 170 Å². The lowest BCUT2D eigenvalue weighted by Crippen LogP contribution is -2.16. The average Bonchev–Trinajstić information content (AvgIpc) is 3.11. The molecule has 0 fully saturated rings. The van der Waals surface area contributed by atoms with Crippen molar-refractivity contribution in [1.29, 1.82) is 10.8 Å². The molecule has 1 heterocycles. The largest absolute Gasteiger partial charge is 0.399 e. The van der Waals surface area contributed by atoms with Crippen LogP contribution in [0.5, 0.6) is 0 Å². The topological polar surface area (TPSA) is 86.6 Å². The summed E-state index contributed by atoms with van der Waals surface area (Å²) in [6.45, 7) is 0. The van der Waals surface area contributed by atoms with E-state index in [1.807, 2.05) is 109 Å². The number of nitrogens with zero attached hydrogens (tertiary/aromatic N) is 1. The quantitative estimate of drug-likeness (QED) is 0.140. The maximum absolute atomic E-state index is 8.68. The Labute approximate surface area is 263 Å². The minimum Gasteiger partial charge on any atom is -0.399 e. The van der Waals surface area contributed by atoms with Gasteiger partial charge >= 0.3 is 0 Å². The van der Waals surface area contributed by atoms with E-state index in [9.17, 15) is 0 Å². The number of anilines is 1. The highest BCUT2D eigenvalue weighted by Crippen LogP contribution is 2.37. The van der Waals surface area contributed by atoms with Crippen LogP contribution in [0.3, 0.4) is 0 Å². The summed E-state index contributed by atoms with van der Waals surface area (Å²) in [6.07, 6.45) is 7.45. The molecule has 0 amide bonds. The molecule has 4 N–H and O–H groups in total. The van der Waals surface area contributed by atoms with Crippen molar-refractivity contribution in [3.8, 4) is 33.4 Å². The van der Waals surface area contributed by atoms with Crippen LogP contribution in [0.1, 0.15) is 11.1 Å². The molecule has 7 rings (SSSR count). The summed E-state index contributed by atoms with van der Waals surface area (Å²) in [5.41, 5.74) is 17.3. The molecule has 0 saturated heterocycles. The van der Waals surface area contributed by atoms with Crippen molar-refractivity contribution < 1.29 is 0 Å². The molecule has 0 radical (unpaired) electrons. The number of nitrogen functional groups attached to an aromatic ring is 1. The molecule has 5 aromatic carbocycles. The number of hydrogen-bond donors (Lipinski definition) is 3. The van der Waals surface area contributed by atoms with E-state index in [0.29, 0.717) is 0 Å². The molecular formula is C41H32N4. The van der Waals surface area contributed by atoms with Crippen molar-refractivity contribution in [3.63, 3.8) is 0 Å².